The summed E-state index contributed by atoms with van der Waals surface area (Å²) >= 11 is 0. The number of fused-ring (bicyclic) bond motifs is 1. The van der Waals surface area contributed by atoms with Crippen molar-refractivity contribution in [1.82, 2.24) is 9.88 Å². The third kappa shape index (κ3) is 2.81. The zero-order valence-electron chi connectivity index (χ0n) is 12.4. The van der Waals surface area contributed by atoms with Gasteiger partial charge in [-0.05, 0) is 30.4 Å². The highest BCUT2D eigenvalue weighted by molar-refractivity contribution is 5.90. The molecule has 4 heteroatoms. The first-order chi connectivity index (χ1) is 10.2. The number of aryl methyl sites for hydroxylation is 1. The molecule has 0 unspecified atom stereocenters. The Morgan fingerprint density at radius 1 is 1.38 bits per heavy atom. The lowest BCUT2D eigenvalue weighted by molar-refractivity contribution is -0.131. The molecule has 1 aromatic carbocycles. The van der Waals surface area contributed by atoms with Crippen molar-refractivity contribution in [2.24, 2.45) is 0 Å². The van der Waals surface area contributed by atoms with E-state index in [1.807, 2.05) is 11.1 Å². The molecule has 1 amide bonds. The number of aliphatic hydroxyl groups excluding tert-OH is 1. The number of aromatic nitrogens is 1. The lowest BCUT2D eigenvalue weighted by Crippen LogP contribution is -2.36. The second-order valence-electron chi connectivity index (χ2n) is 5.73. The minimum Gasteiger partial charge on any atom is -0.395 e. The number of rotatable bonds is 6. The minimum absolute atomic E-state index is 0.0378. The molecule has 0 bridgehead atoms. The maximum absolute atomic E-state index is 12.5. The molecule has 1 saturated carbocycles. The van der Waals surface area contributed by atoms with Gasteiger partial charge in [0.2, 0.25) is 5.91 Å². The quantitative estimate of drug-likeness (QED) is 0.856. The van der Waals surface area contributed by atoms with E-state index in [2.05, 4.69) is 30.1 Å². The van der Waals surface area contributed by atoms with E-state index in [-0.39, 0.29) is 12.5 Å². The van der Waals surface area contributed by atoms with E-state index in [9.17, 15) is 4.79 Å². The second kappa shape index (κ2) is 5.90. The van der Waals surface area contributed by atoms with E-state index in [0.29, 0.717) is 19.0 Å². The summed E-state index contributed by atoms with van der Waals surface area (Å²) in [6, 6.07) is 6.59. The van der Waals surface area contributed by atoms with Gasteiger partial charge in [0.25, 0.3) is 0 Å². The predicted molar refractivity (Wildman–Crippen MR) is 83.2 cm³/mol. The molecule has 1 aliphatic carbocycles. The van der Waals surface area contributed by atoms with Gasteiger partial charge in [-0.3, -0.25) is 4.79 Å². The van der Waals surface area contributed by atoms with Crippen LogP contribution in [-0.4, -0.2) is 40.1 Å². The normalized spacial score (nSPS) is 14.6. The first-order valence-electron chi connectivity index (χ1n) is 7.72. The number of nitrogens with one attached hydrogen (secondary N) is 1. The zero-order chi connectivity index (χ0) is 14.8. The number of nitrogens with zero attached hydrogens (tertiary/aromatic N) is 1. The number of aromatic amines is 1. The molecule has 3 rings (SSSR count). The van der Waals surface area contributed by atoms with Crippen molar-refractivity contribution in [3.63, 3.8) is 0 Å². The summed E-state index contributed by atoms with van der Waals surface area (Å²) in [5.74, 6) is 0.120. The monoisotopic (exact) mass is 286 g/mol. The molecule has 21 heavy (non-hydrogen) atoms. The number of hydrogen-bond donors (Lipinski definition) is 2. The fourth-order valence-corrected chi connectivity index (χ4v) is 2.99. The molecule has 112 valence electrons. The lowest BCUT2D eigenvalue weighted by Gasteiger charge is -2.21. The number of aliphatic hydroxyl groups is 1. The molecule has 4 nitrogen and oxygen atoms in total. The van der Waals surface area contributed by atoms with Crippen molar-refractivity contribution in [2.75, 3.05) is 13.2 Å². The van der Waals surface area contributed by atoms with Gasteiger partial charge in [0, 0.05) is 29.7 Å². The van der Waals surface area contributed by atoms with E-state index in [4.69, 9.17) is 5.11 Å². The van der Waals surface area contributed by atoms with Crippen LogP contribution in [0.4, 0.5) is 0 Å². The number of hydrogen-bond acceptors (Lipinski definition) is 2. The van der Waals surface area contributed by atoms with Crippen molar-refractivity contribution in [3.8, 4) is 0 Å². The Balaban J connectivity index is 1.82. The molecule has 2 aromatic rings. The van der Waals surface area contributed by atoms with E-state index in [0.717, 1.165) is 35.7 Å². The maximum atomic E-state index is 12.5. The summed E-state index contributed by atoms with van der Waals surface area (Å²) < 4.78 is 0. The van der Waals surface area contributed by atoms with Crippen LogP contribution < -0.4 is 0 Å². The summed E-state index contributed by atoms with van der Waals surface area (Å²) in [6.45, 7) is 2.62. The summed E-state index contributed by atoms with van der Waals surface area (Å²) in [5.41, 5.74) is 3.47. The highest BCUT2D eigenvalue weighted by atomic mass is 16.3. The third-order valence-corrected chi connectivity index (χ3v) is 4.26. The maximum Gasteiger partial charge on any atom is 0.227 e. The van der Waals surface area contributed by atoms with E-state index < -0.39 is 0 Å². The average molecular weight is 286 g/mol. The Labute approximate surface area is 124 Å². The first kappa shape index (κ1) is 14.1. The fourth-order valence-electron chi connectivity index (χ4n) is 2.99. The predicted octanol–water partition coefficient (Wildman–Crippen LogP) is 2.26. The average Bonchev–Trinajstić information content (AvgIpc) is 3.26. The third-order valence-electron chi connectivity index (χ3n) is 4.26. The molecule has 1 heterocycles. The molecule has 1 fully saturated rings. The smallest absolute Gasteiger partial charge is 0.227 e. The SMILES string of the molecule is CCc1cccc2c(CC(=O)N(CCO)C3CC3)c[nH]c12. The molecule has 0 atom stereocenters. The number of carbonyl (C=O) groups is 1. The first-order valence-corrected chi connectivity index (χ1v) is 7.72. The Kier molecular flexibility index (Phi) is 3.97. The molecule has 0 saturated heterocycles. The van der Waals surface area contributed by atoms with Gasteiger partial charge in [-0.25, -0.2) is 0 Å². The van der Waals surface area contributed by atoms with Crippen molar-refractivity contribution >= 4 is 16.8 Å². The molecular weight excluding hydrogens is 264 g/mol. The van der Waals surface area contributed by atoms with Crippen LogP contribution in [-0.2, 0) is 17.6 Å². The van der Waals surface area contributed by atoms with Gasteiger partial charge in [0.05, 0.1) is 13.0 Å². The number of H-pyrrole nitrogens is 1. The van der Waals surface area contributed by atoms with E-state index >= 15 is 0 Å². The van der Waals surface area contributed by atoms with Crippen LogP contribution >= 0.6 is 0 Å². The van der Waals surface area contributed by atoms with Crippen LogP contribution in [0.3, 0.4) is 0 Å². The van der Waals surface area contributed by atoms with Crippen LogP contribution in [0, 0.1) is 0 Å². The molecular formula is C17H22N2O2. The highest BCUT2D eigenvalue weighted by Crippen LogP contribution is 2.28. The van der Waals surface area contributed by atoms with Crippen LogP contribution in [0.2, 0.25) is 0 Å². The Bertz CT molecular complexity index is 643. The van der Waals surface area contributed by atoms with Crippen LogP contribution in [0.25, 0.3) is 10.9 Å². The highest BCUT2D eigenvalue weighted by Gasteiger charge is 2.32. The number of carbonyl (C=O) groups excluding carboxylic acids is 1. The Hall–Kier alpha value is -1.81. The van der Waals surface area contributed by atoms with Gasteiger partial charge < -0.3 is 15.0 Å². The van der Waals surface area contributed by atoms with Gasteiger partial charge in [-0.2, -0.15) is 0 Å². The van der Waals surface area contributed by atoms with Crippen molar-refractivity contribution in [2.45, 2.75) is 38.6 Å². The van der Waals surface area contributed by atoms with Crippen molar-refractivity contribution in [3.05, 3.63) is 35.5 Å². The second-order valence-corrected chi connectivity index (χ2v) is 5.73. The molecule has 1 aliphatic rings. The number of benzene rings is 1. The standard InChI is InChI=1S/C17H22N2O2/c1-2-12-4-3-5-15-13(11-18-17(12)15)10-16(21)19(8-9-20)14-6-7-14/h3-5,11,14,18,20H,2,6-10H2,1H3. The van der Waals surface area contributed by atoms with Gasteiger partial charge in [-0.15, -0.1) is 0 Å². The van der Waals surface area contributed by atoms with Crippen molar-refractivity contribution in [1.29, 1.82) is 0 Å². The molecule has 0 aliphatic heterocycles. The van der Waals surface area contributed by atoms with Crippen molar-refractivity contribution < 1.29 is 9.90 Å². The summed E-state index contributed by atoms with van der Waals surface area (Å²) in [7, 11) is 0. The van der Waals surface area contributed by atoms with Gasteiger partial charge in [0.15, 0.2) is 0 Å². The lowest BCUT2D eigenvalue weighted by atomic mass is 10.1. The van der Waals surface area contributed by atoms with Gasteiger partial charge in [0.1, 0.15) is 0 Å². The summed E-state index contributed by atoms with van der Waals surface area (Å²) in [4.78, 5) is 17.6. The molecule has 1 aromatic heterocycles. The zero-order valence-corrected chi connectivity index (χ0v) is 12.4. The topological polar surface area (TPSA) is 56.3 Å². The molecule has 0 spiro atoms. The Morgan fingerprint density at radius 2 is 2.19 bits per heavy atom. The summed E-state index contributed by atoms with van der Waals surface area (Å²) in [5, 5.41) is 10.3. The van der Waals surface area contributed by atoms with E-state index in [1.54, 1.807) is 0 Å². The molecule has 2 N–H and O–H groups in total. The Morgan fingerprint density at radius 3 is 2.86 bits per heavy atom. The van der Waals surface area contributed by atoms with Gasteiger partial charge in [-0.1, -0.05) is 25.1 Å². The number of para-hydroxylation sites is 1. The molecule has 0 radical (unpaired) electrons. The largest absolute Gasteiger partial charge is 0.395 e. The number of amides is 1. The minimum atomic E-state index is 0.0378. The van der Waals surface area contributed by atoms with E-state index in [1.165, 1.54) is 5.56 Å². The van der Waals surface area contributed by atoms with Gasteiger partial charge >= 0.3 is 0 Å². The van der Waals surface area contributed by atoms with Crippen LogP contribution in [0.1, 0.15) is 30.9 Å². The summed E-state index contributed by atoms with van der Waals surface area (Å²) in [6.07, 6.45) is 5.47. The van der Waals surface area contributed by atoms with Crippen LogP contribution in [0.5, 0.6) is 0 Å². The van der Waals surface area contributed by atoms with Crippen LogP contribution in [0.15, 0.2) is 24.4 Å². The fraction of sp³-hybridized carbons (Fsp3) is 0.471.